The molecule has 0 aliphatic carbocycles. The Kier molecular flexibility index (Phi) is 12.0. The first-order valence-corrected chi connectivity index (χ1v) is 13.6. The Labute approximate surface area is 239 Å². The summed E-state index contributed by atoms with van der Waals surface area (Å²) in [7, 11) is 0. The van der Waals surface area contributed by atoms with Gasteiger partial charge in [-0.15, -0.1) is 0 Å². The number of aliphatic hydroxyl groups is 2. The van der Waals surface area contributed by atoms with Gasteiger partial charge >= 0.3 is 0 Å². The summed E-state index contributed by atoms with van der Waals surface area (Å²) in [5.41, 5.74) is 14.4. The summed E-state index contributed by atoms with van der Waals surface area (Å²) in [4.78, 5) is 8.57. The van der Waals surface area contributed by atoms with E-state index in [1.165, 1.54) is 0 Å². The van der Waals surface area contributed by atoms with Crippen molar-refractivity contribution in [3.8, 4) is 0 Å². The highest BCUT2D eigenvalue weighted by atomic mass is 16.6. The van der Waals surface area contributed by atoms with Gasteiger partial charge in [0.2, 0.25) is 0 Å². The topological polar surface area (TPSA) is 164 Å². The first-order valence-electron chi connectivity index (χ1n) is 13.6. The van der Waals surface area contributed by atoms with Crippen molar-refractivity contribution in [2.75, 3.05) is 77.5 Å². The van der Waals surface area contributed by atoms with Crippen molar-refractivity contribution in [2.24, 2.45) is 0 Å². The van der Waals surface area contributed by atoms with E-state index in [-0.39, 0.29) is 13.2 Å². The Hall–Kier alpha value is -3.42. The summed E-state index contributed by atoms with van der Waals surface area (Å²) >= 11 is 0. The van der Waals surface area contributed by atoms with Crippen LogP contribution in [-0.4, -0.2) is 86.2 Å². The molecule has 2 atom stereocenters. The molecular formula is C30H38N4O7. The molecule has 11 nitrogen and oxygen atoms in total. The van der Waals surface area contributed by atoms with Crippen molar-refractivity contribution < 1.29 is 33.9 Å². The standard InChI is InChI=1S/C30H38N4O7/c31-29-7-5-21-1-3-23(17-25(21)33-29)27(35)19-40-15-13-38-11-9-37-10-12-39-14-16-41-20-28(36)24-4-2-22-6-8-30(32)34-26(22)18-24/h1-8,17-18,27-28,35-36H,9-16,19-20H2,(H2,31,33)(H2,32,34). The van der Waals surface area contributed by atoms with Gasteiger partial charge in [-0.3, -0.25) is 0 Å². The third-order valence-electron chi connectivity index (χ3n) is 6.28. The molecular weight excluding hydrogens is 528 g/mol. The SMILES string of the molecule is Nc1ccc2ccc(C(O)COCCOCCOCCOCCOCC(O)c3ccc4ccc(N)nc4c3)cc2n1. The van der Waals surface area contributed by atoms with E-state index >= 15 is 0 Å². The van der Waals surface area contributed by atoms with E-state index in [4.69, 9.17) is 35.2 Å². The highest BCUT2D eigenvalue weighted by Crippen LogP contribution is 2.21. The zero-order chi connectivity index (χ0) is 28.9. The van der Waals surface area contributed by atoms with E-state index in [9.17, 15) is 10.2 Å². The molecule has 4 rings (SSSR count). The number of benzene rings is 2. The average Bonchev–Trinajstić information content (AvgIpc) is 2.98. The van der Waals surface area contributed by atoms with Crippen LogP contribution in [0, 0.1) is 0 Å². The third kappa shape index (κ3) is 9.87. The number of ether oxygens (including phenoxy) is 5. The van der Waals surface area contributed by atoms with Crippen LogP contribution in [0.15, 0.2) is 60.7 Å². The van der Waals surface area contributed by atoms with Gasteiger partial charge < -0.3 is 45.4 Å². The predicted octanol–water partition coefficient (Wildman–Crippen LogP) is 2.80. The van der Waals surface area contributed by atoms with Gasteiger partial charge in [0.25, 0.3) is 0 Å². The minimum Gasteiger partial charge on any atom is -0.386 e. The maximum atomic E-state index is 10.4. The van der Waals surface area contributed by atoms with Gasteiger partial charge in [-0.1, -0.05) is 24.3 Å². The van der Waals surface area contributed by atoms with Crippen LogP contribution in [0.1, 0.15) is 23.3 Å². The number of anilines is 2. The number of nitrogens with zero attached hydrogens (tertiary/aromatic N) is 2. The zero-order valence-electron chi connectivity index (χ0n) is 23.0. The van der Waals surface area contributed by atoms with Gasteiger partial charge in [0.15, 0.2) is 0 Å². The molecule has 0 fully saturated rings. The minimum absolute atomic E-state index is 0.157. The van der Waals surface area contributed by atoms with Crippen molar-refractivity contribution in [1.82, 2.24) is 9.97 Å². The van der Waals surface area contributed by atoms with Gasteiger partial charge in [0.1, 0.15) is 23.8 Å². The fourth-order valence-electron chi connectivity index (χ4n) is 4.07. The van der Waals surface area contributed by atoms with E-state index in [0.29, 0.717) is 64.5 Å². The summed E-state index contributed by atoms with van der Waals surface area (Å²) in [5, 5.41) is 22.7. The Morgan fingerprint density at radius 1 is 0.512 bits per heavy atom. The van der Waals surface area contributed by atoms with Crippen LogP contribution in [0.2, 0.25) is 0 Å². The molecule has 220 valence electrons. The number of nitrogen functional groups attached to an aromatic ring is 2. The number of hydrogen-bond acceptors (Lipinski definition) is 11. The maximum Gasteiger partial charge on any atom is 0.124 e. The first-order chi connectivity index (χ1) is 20.0. The third-order valence-corrected chi connectivity index (χ3v) is 6.28. The van der Waals surface area contributed by atoms with Crippen LogP contribution >= 0.6 is 0 Å². The lowest BCUT2D eigenvalue weighted by Gasteiger charge is -2.13. The van der Waals surface area contributed by atoms with Crippen LogP contribution in [-0.2, 0) is 23.7 Å². The predicted molar refractivity (Wildman–Crippen MR) is 156 cm³/mol. The quantitative estimate of drug-likeness (QED) is 0.131. The second kappa shape index (κ2) is 16.1. The molecule has 41 heavy (non-hydrogen) atoms. The van der Waals surface area contributed by atoms with Crippen LogP contribution in [0.4, 0.5) is 11.6 Å². The van der Waals surface area contributed by atoms with Crippen molar-refractivity contribution in [2.45, 2.75) is 12.2 Å². The second-order valence-electron chi connectivity index (χ2n) is 9.40. The van der Waals surface area contributed by atoms with Gasteiger partial charge in [-0.2, -0.15) is 0 Å². The van der Waals surface area contributed by atoms with Crippen LogP contribution in [0.25, 0.3) is 21.8 Å². The van der Waals surface area contributed by atoms with E-state index in [1.807, 2.05) is 48.5 Å². The Morgan fingerprint density at radius 2 is 0.854 bits per heavy atom. The van der Waals surface area contributed by atoms with Crippen molar-refractivity contribution in [1.29, 1.82) is 0 Å². The summed E-state index contributed by atoms with van der Waals surface area (Å²) in [6.45, 7) is 3.57. The lowest BCUT2D eigenvalue weighted by Crippen LogP contribution is -2.15. The molecule has 0 aliphatic heterocycles. The number of nitrogens with two attached hydrogens (primary N) is 2. The molecule has 6 N–H and O–H groups in total. The van der Waals surface area contributed by atoms with E-state index < -0.39 is 12.2 Å². The van der Waals surface area contributed by atoms with Crippen LogP contribution < -0.4 is 11.5 Å². The molecule has 0 amide bonds. The monoisotopic (exact) mass is 566 g/mol. The first kappa shape index (κ1) is 30.5. The Balaban J connectivity index is 0.948. The van der Waals surface area contributed by atoms with E-state index in [1.54, 1.807) is 12.1 Å². The Morgan fingerprint density at radius 3 is 1.24 bits per heavy atom. The zero-order valence-corrected chi connectivity index (χ0v) is 23.0. The Bertz CT molecular complexity index is 1270. The van der Waals surface area contributed by atoms with Crippen molar-refractivity contribution in [3.63, 3.8) is 0 Å². The molecule has 0 saturated carbocycles. The summed E-state index contributed by atoms with van der Waals surface area (Å²) in [6, 6.07) is 18.4. The molecule has 2 heterocycles. The van der Waals surface area contributed by atoms with Crippen LogP contribution in [0.3, 0.4) is 0 Å². The second-order valence-corrected chi connectivity index (χ2v) is 9.40. The highest BCUT2D eigenvalue weighted by Gasteiger charge is 2.10. The van der Waals surface area contributed by atoms with Crippen LogP contribution in [0.5, 0.6) is 0 Å². The normalized spacial score (nSPS) is 13.1. The maximum absolute atomic E-state index is 10.4. The van der Waals surface area contributed by atoms with Gasteiger partial charge in [0, 0.05) is 10.8 Å². The fraction of sp³-hybridized carbons (Fsp3) is 0.400. The van der Waals surface area contributed by atoms with Gasteiger partial charge in [0.05, 0.1) is 77.1 Å². The number of hydrogen-bond donors (Lipinski definition) is 4. The molecule has 0 radical (unpaired) electrons. The van der Waals surface area contributed by atoms with Gasteiger partial charge in [-0.05, 0) is 47.5 Å². The highest BCUT2D eigenvalue weighted by molar-refractivity contribution is 5.81. The number of aromatic nitrogens is 2. The molecule has 0 aliphatic rings. The largest absolute Gasteiger partial charge is 0.386 e. The molecule has 4 aromatic rings. The number of pyridine rings is 2. The number of rotatable bonds is 18. The fourth-order valence-corrected chi connectivity index (χ4v) is 4.07. The van der Waals surface area contributed by atoms with Gasteiger partial charge in [-0.25, -0.2) is 9.97 Å². The van der Waals surface area contributed by atoms with Crippen molar-refractivity contribution in [3.05, 3.63) is 71.8 Å². The smallest absolute Gasteiger partial charge is 0.124 e. The average molecular weight is 567 g/mol. The summed E-state index contributed by atoms with van der Waals surface area (Å²) < 4.78 is 27.5. The molecule has 11 heteroatoms. The molecule has 2 aromatic heterocycles. The minimum atomic E-state index is -0.760. The van der Waals surface area contributed by atoms with E-state index in [0.717, 1.165) is 32.9 Å². The van der Waals surface area contributed by atoms with Crippen molar-refractivity contribution >= 4 is 33.4 Å². The molecule has 2 aromatic carbocycles. The lowest BCUT2D eigenvalue weighted by atomic mass is 10.1. The lowest BCUT2D eigenvalue weighted by molar-refractivity contribution is -0.0265. The number of fused-ring (bicyclic) bond motifs is 2. The summed E-state index contributed by atoms with van der Waals surface area (Å²) in [6.07, 6.45) is -1.52. The summed E-state index contributed by atoms with van der Waals surface area (Å²) in [5.74, 6) is 0.880. The molecule has 0 bridgehead atoms. The molecule has 0 saturated heterocycles. The molecule has 2 unspecified atom stereocenters. The number of aliphatic hydroxyl groups excluding tert-OH is 2. The van der Waals surface area contributed by atoms with E-state index in [2.05, 4.69) is 9.97 Å². The molecule has 0 spiro atoms.